The molecule has 0 aliphatic carbocycles. The predicted molar refractivity (Wildman–Crippen MR) is 87.3 cm³/mol. The van der Waals surface area contributed by atoms with Crippen LogP contribution >= 0.6 is 11.3 Å². The second-order valence-corrected chi connectivity index (χ2v) is 5.90. The van der Waals surface area contributed by atoms with Crippen LogP contribution in [0.3, 0.4) is 0 Å². The van der Waals surface area contributed by atoms with Crippen molar-refractivity contribution in [1.29, 1.82) is 0 Å². The minimum atomic E-state index is -0.397. The van der Waals surface area contributed by atoms with Gasteiger partial charge in [-0.15, -0.1) is 11.3 Å². The molecule has 0 saturated heterocycles. The summed E-state index contributed by atoms with van der Waals surface area (Å²) < 4.78 is 0. The van der Waals surface area contributed by atoms with Crippen LogP contribution in [0.2, 0.25) is 0 Å². The SMILES string of the molecule is Cc1cc(NCc2scnc2C)c2cccc([N+](=O)[O-])c2n1. The normalized spacial score (nSPS) is 10.8. The number of benzene rings is 1. The molecule has 0 bridgehead atoms. The Bertz CT molecular complexity index is 860. The van der Waals surface area contributed by atoms with Gasteiger partial charge in [0.1, 0.15) is 0 Å². The van der Waals surface area contributed by atoms with Gasteiger partial charge in [-0.2, -0.15) is 0 Å². The Balaban J connectivity index is 2.04. The molecular weight excluding hydrogens is 300 g/mol. The first-order chi connectivity index (χ1) is 10.6. The number of thiazole rings is 1. The van der Waals surface area contributed by atoms with E-state index >= 15 is 0 Å². The molecule has 22 heavy (non-hydrogen) atoms. The fourth-order valence-corrected chi connectivity index (χ4v) is 3.04. The van der Waals surface area contributed by atoms with Crippen molar-refractivity contribution in [3.8, 4) is 0 Å². The first kappa shape index (κ1) is 14.4. The summed E-state index contributed by atoms with van der Waals surface area (Å²) in [4.78, 5) is 20.5. The van der Waals surface area contributed by atoms with Gasteiger partial charge in [0.05, 0.1) is 22.7 Å². The summed E-state index contributed by atoms with van der Waals surface area (Å²) in [7, 11) is 0. The highest BCUT2D eigenvalue weighted by Gasteiger charge is 2.15. The summed E-state index contributed by atoms with van der Waals surface area (Å²) in [6.07, 6.45) is 0. The summed E-state index contributed by atoms with van der Waals surface area (Å²) in [6, 6.07) is 6.91. The number of aryl methyl sites for hydroxylation is 2. The largest absolute Gasteiger partial charge is 0.379 e. The summed E-state index contributed by atoms with van der Waals surface area (Å²) in [5.74, 6) is 0. The third-order valence-corrected chi connectivity index (χ3v) is 4.36. The van der Waals surface area contributed by atoms with Crippen molar-refractivity contribution in [2.45, 2.75) is 20.4 Å². The van der Waals surface area contributed by atoms with Gasteiger partial charge in [0.2, 0.25) is 0 Å². The Labute approximate surface area is 131 Å². The highest BCUT2D eigenvalue weighted by Crippen LogP contribution is 2.30. The van der Waals surface area contributed by atoms with Gasteiger partial charge < -0.3 is 5.32 Å². The number of hydrogen-bond acceptors (Lipinski definition) is 6. The fourth-order valence-electron chi connectivity index (χ4n) is 2.33. The first-order valence-electron chi connectivity index (χ1n) is 6.74. The second kappa shape index (κ2) is 5.69. The van der Waals surface area contributed by atoms with Gasteiger partial charge >= 0.3 is 0 Å². The van der Waals surface area contributed by atoms with Gasteiger partial charge in [-0.05, 0) is 19.9 Å². The highest BCUT2D eigenvalue weighted by atomic mass is 32.1. The van der Waals surface area contributed by atoms with E-state index in [1.54, 1.807) is 17.4 Å². The maximum atomic E-state index is 11.2. The molecule has 2 aromatic heterocycles. The number of hydrogen-bond donors (Lipinski definition) is 1. The molecule has 0 aliphatic heterocycles. The number of para-hydroxylation sites is 1. The van der Waals surface area contributed by atoms with Crippen LogP contribution in [0.25, 0.3) is 10.9 Å². The van der Waals surface area contributed by atoms with E-state index in [0.717, 1.165) is 27.3 Å². The van der Waals surface area contributed by atoms with Gasteiger partial charge in [0.15, 0.2) is 5.52 Å². The molecule has 0 amide bonds. The zero-order chi connectivity index (χ0) is 15.7. The highest BCUT2D eigenvalue weighted by molar-refractivity contribution is 7.09. The maximum absolute atomic E-state index is 11.2. The standard InChI is InChI=1S/C15H14N4O2S/c1-9-6-12(16-7-14-10(2)17-8-22-14)11-4-3-5-13(19(20)21)15(11)18-9/h3-6,8H,7H2,1-2H3,(H,16,18). The molecule has 3 rings (SSSR count). The Morgan fingerprint density at radius 3 is 2.86 bits per heavy atom. The Kier molecular flexibility index (Phi) is 3.72. The van der Waals surface area contributed by atoms with Crippen molar-refractivity contribution >= 4 is 33.6 Å². The van der Waals surface area contributed by atoms with Crippen LogP contribution in [0.1, 0.15) is 16.3 Å². The Morgan fingerprint density at radius 2 is 2.18 bits per heavy atom. The molecular formula is C15H14N4O2S. The quantitative estimate of drug-likeness (QED) is 0.584. The fraction of sp³-hybridized carbons (Fsp3) is 0.200. The van der Waals surface area contributed by atoms with E-state index in [4.69, 9.17) is 0 Å². The second-order valence-electron chi connectivity index (χ2n) is 4.96. The molecule has 2 heterocycles. The number of nitro benzene ring substituents is 1. The van der Waals surface area contributed by atoms with Crippen LogP contribution in [-0.4, -0.2) is 14.9 Å². The number of rotatable bonds is 4. The van der Waals surface area contributed by atoms with Crippen molar-refractivity contribution in [3.05, 3.63) is 56.2 Å². The molecule has 0 atom stereocenters. The number of anilines is 1. The van der Waals surface area contributed by atoms with Crippen LogP contribution in [-0.2, 0) is 6.54 Å². The lowest BCUT2D eigenvalue weighted by Gasteiger charge is -2.10. The smallest absolute Gasteiger partial charge is 0.295 e. The average molecular weight is 314 g/mol. The van der Waals surface area contributed by atoms with Crippen molar-refractivity contribution in [2.24, 2.45) is 0 Å². The van der Waals surface area contributed by atoms with Crippen LogP contribution in [0.5, 0.6) is 0 Å². The van der Waals surface area contributed by atoms with Gasteiger partial charge in [-0.25, -0.2) is 9.97 Å². The molecule has 112 valence electrons. The van der Waals surface area contributed by atoms with Gasteiger partial charge in [0.25, 0.3) is 5.69 Å². The molecule has 3 aromatic rings. The summed E-state index contributed by atoms with van der Waals surface area (Å²) in [5.41, 5.74) is 4.84. The Morgan fingerprint density at radius 1 is 1.36 bits per heavy atom. The van der Waals surface area contributed by atoms with E-state index in [9.17, 15) is 10.1 Å². The van der Waals surface area contributed by atoms with Crippen molar-refractivity contribution in [1.82, 2.24) is 9.97 Å². The minimum absolute atomic E-state index is 0.0261. The predicted octanol–water partition coefficient (Wildman–Crippen LogP) is 3.83. The lowest BCUT2D eigenvalue weighted by Crippen LogP contribution is -2.02. The summed E-state index contributed by atoms with van der Waals surface area (Å²) in [5, 5.41) is 15.3. The topological polar surface area (TPSA) is 81.0 Å². The van der Waals surface area contributed by atoms with Gasteiger partial charge in [-0.1, -0.05) is 12.1 Å². The number of nitrogens with one attached hydrogen (secondary N) is 1. The van der Waals surface area contributed by atoms with E-state index in [2.05, 4.69) is 15.3 Å². The van der Waals surface area contributed by atoms with Crippen LogP contribution < -0.4 is 5.32 Å². The molecule has 0 spiro atoms. The van der Waals surface area contributed by atoms with E-state index in [1.165, 1.54) is 6.07 Å². The molecule has 0 aliphatic rings. The number of aromatic nitrogens is 2. The third-order valence-electron chi connectivity index (χ3n) is 3.43. The first-order valence-corrected chi connectivity index (χ1v) is 7.62. The van der Waals surface area contributed by atoms with Gasteiger partial charge in [-0.3, -0.25) is 10.1 Å². The average Bonchev–Trinajstić information content (AvgIpc) is 2.89. The number of non-ortho nitro benzene ring substituents is 1. The van der Waals surface area contributed by atoms with E-state index in [-0.39, 0.29) is 5.69 Å². The molecule has 0 saturated carbocycles. The van der Waals surface area contributed by atoms with Crippen LogP contribution in [0.15, 0.2) is 29.8 Å². The number of pyridine rings is 1. The van der Waals surface area contributed by atoms with E-state index in [0.29, 0.717) is 12.1 Å². The number of fused-ring (bicyclic) bond motifs is 1. The molecule has 1 aromatic carbocycles. The van der Waals surface area contributed by atoms with Crippen molar-refractivity contribution in [3.63, 3.8) is 0 Å². The number of nitrogens with zero attached hydrogens (tertiary/aromatic N) is 3. The number of nitro groups is 1. The molecule has 7 heteroatoms. The third kappa shape index (κ3) is 2.62. The molecule has 0 unspecified atom stereocenters. The Hall–Kier alpha value is -2.54. The zero-order valence-corrected chi connectivity index (χ0v) is 13.0. The van der Waals surface area contributed by atoms with E-state index in [1.807, 2.05) is 31.5 Å². The molecule has 6 nitrogen and oxygen atoms in total. The van der Waals surface area contributed by atoms with Crippen molar-refractivity contribution in [2.75, 3.05) is 5.32 Å². The van der Waals surface area contributed by atoms with Crippen molar-refractivity contribution < 1.29 is 4.92 Å². The summed E-state index contributed by atoms with van der Waals surface area (Å²) in [6.45, 7) is 4.44. The van der Waals surface area contributed by atoms with E-state index < -0.39 is 4.92 Å². The molecule has 0 radical (unpaired) electrons. The lowest BCUT2D eigenvalue weighted by molar-refractivity contribution is -0.383. The zero-order valence-electron chi connectivity index (χ0n) is 12.2. The maximum Gasteiger partial charge on any atom is 0.295 e. The summed E-state index contributed by atoms with van der Waals surface area (Å²) >= 11 is 1.59. The minimum Gasteiger partial charge on any atom is -0.379 e. The lowest BCUT2D eigenvalue weighted by atomic mass is 10.1. The van der Waals surface area contributed by atoms with Crippen LogP contribution in [0, 0.1) is 24.0 Å². The van der Waals surface area contributed by atoms with Crippen LogP contribution in [0.4, 0.5) is 11.4 Å². The molecule has 1 N–H and O–H groups in total. The van der Waals surface area contributed by atoms with Gasteiger partial charge in [0, 0.05) is 27.7 Å². The molecule has 0 fully saturated rings. The monoisotopic (exact) mass is 314 g/mol.